The Kier molecular flexibility index (Phi) is 4.20. The van der Waals surface area contributed by atoms with Gasteiger partial charge < -0.3 is 16.2 Å². The van der Waals surface area contributed by atoms with Crippen molar-refractivity contribution in [1.82, 2.24) is 14.7 Å². The van der Waals surface area contributed by atoms with Gasteiger partial charge in [-0.15, -0.1) is 0 Å². The largest absolute Gasteiger partial charge is 0.465 e. The van der Waals surface area contributed by atoms with Gasteiger partial charge in [0.25, 0.3) is 0 Å². The average Bonchev–Trinajstić information content (AvgIpc) is 3.10. The van der Waals surface area contributed by atoms with E-state index in [2.05, 4.69) is 17.4 Å². The molecule has 30 heavy (non-hydrogen) atoms. The highest BCUT2D eigenvalue weighted by Crippen LogP contribution is 2.42. The maximum Gasteiger partial charge on any atom is 0.405 e. The number of carboxylic acid groups (broad SMARTS) is 1. The van der Waals surface area contributed by atoms with Gasteiger partial charge in [0.2, 0.25) is 0 Å². The SMILES string of the molecule is Nc1ccn2c(-c3ccccc3)c(-c3ccc(C4(NC(=O)O)CCC4)cc3)nc2c1. The summed E-state index contributed by atoms with van der Waals surface area (Å²) in [7, 11) is 0. The number of nitrogen functional groups attached to an aromatic ring is 1. The third-order valence-electron chi connectivity index (χ3n) is 5.96. The first-order valence-electron chi connectivity index (χ1n) is 10.0. The van der Waals surface area contributed by atoms with Crippen LogP contribution in [0.2, 0.25) is 0 Å². The molecule has 1 saturated carbocycles. The van der Waals surface area contributed by atoms with Crippen LogP contribution in [0.1, 0.15) is 24.8 Å². The molecular formula is C24H22N4O2. The van der Waals surface area contributed by atoms with Crippen molar-refractivity contribution in [3.8, 4) is 22.5 Å². The van der Waals surface area contributed by atoms with Gasteiger partial charge in [-0.2, -0.15) is 0 Å². The molecule has 0 radical (unpaired) electrons. The van der Waals surface area contributed by atoms with Gasteiger partial charge in [-0.1, -0.05) is 54.6 Å². The summed E-state index contributed by atoms with van der Waals surface area (Å²) in [5, 5.41) is 12.0. The number of fused-ring (bicyclic) bond motifs is 1. The quantitative estimate of drug-likeness (QED) is 0.456. The van der Waals surface area contributed by atoms with Gasteiger partial charge in [0.05, 0.1) is 16.9 Å². The summed E-state index contributed by atoms with van der Waals surface area (Å²) < 4.78 is 2.05. The van der Waals surface area contributed by atoms with Gasteiger partial charge in [0.1, 0.15) is 5.65 Å². The number of hydrogen-bond donors (Lipinski definition) is 3. The number of pyridine rings is 1. The van der Waals surface area contributed by atoms with E-state index in [1.807, 2.05) is 65.2 Å². The number of carbonyl (C=O) groups is 1. The third-order valence-corrected chi connectivity index (χ3v) is 5.96. The predicted molar refractivity (Wildman–Crippen MR) is 117 cm³/mol. The van der Waals surface area contributed by atoms with E-state index < -0.39 is 11.6 Å². The van der Waals surface area contributed by atoms with Crippen molar-refractivity contribution >= 4 is 17.4 Å². The van der Waals surface area contributed by atoms with E-state index in [9.17, 15) is 9.90 Å². The molecule has 4 aromatic rings. The Hall–Kier alpha value is -3.80. The van der Waals surface area contributed by atoms with Crippen LogP contribution in [0, 0.1) is 0 Å². The number of aromatic nitrogens is 2. The first-order valence-corrected chi connectivity index (χ1v) is 10.0. The molecule has 4 N–H and O–H groups in total. The van der Waals surface area contributed by atoms with E-state index in [1.54, 1.807) is 0 Å². The van der Waals surface area contributed by atoms with Gasteiger partial charge in [-0.3, -0.25) is 4.40 Å². The summed E-state index contributed by atoms with van der Waals surface area (Å²) in [6.07, 6.45) is 3.62. The second-order valence-electron chi connectivity index (χ2n) is 7.81. The highest BCUT2D eigenvalue weighted by molar-refractivity contribution is 5.82. The van der Waals surface area contributed by atoms with E-state index in [0.717, 1.165) is 53.0 Å². The molecule has 0 spiro atoms. The van der Waals surface area contributed by atoms with Crippen LogP contribution in [0.25, 0.3) is 28.2 Å². The van der Waals surface area contributed by atoms with Crippen molar-refractivity contribution in [3.05, 3.63) is 78.5 Å². The van der Waals surface area contributed by atoms with Gasteiger partial charge >= 0.3 is 6.09 Å². The number of rotatable bonds is 4. The zero-order chi connectivity index (χ0) is 20.7. The summed E-state index contributed by atoms with van der Waals surface area (Å²) in [6.45, 7) is 0. The summed E-state index contributed by atoms with van der Waals surface area (Å²) >= 11 is 0. The van der Waals surface area contributed by atoms with Crippen LogP contribution < -0.4 is 11.1 Å². The lowest BCUT2D eigenvalue weighted by atomic mass is 9.72. The molecular weight excluding hydrogens is 376 g/mol. The van der Waals surface area contributed by atoms with Crippen LogP contribution in [0.3, 0.4) is 0 Å². The lowest BCUT2D eigenvalue weighted by molar-refractivity contribution is 0.144. The Bertz CT molecular complexity index is 1230. The standard InChI is InChI=1S/C24H22N4O2/c25-19-11-14-28-20(15-19)26-21(22(28)17-5-2-1-3-6-17)16-7-9-18(10-8-16)24(12-4-13-24)27-23(29)30/h1-3,5-11,14-15,27H,4,12-13,25H2,(H,29,30). The minimum Gasteiger partial charge on any atom is -0.465 e. The van der Waals surface area contributed by atoms with Crippen LogP contribution in [0.4, 0.5) is 10.5 Å². The maximum absolute atomic E-state index is 11.3. The van der Waals surface area contributed by atoms with Crippen molar-refractivity contribution in [2.75, 3.05) is 5.73 Å². The Morgan fingerprint density at radius 2 is 1.77 bits per heavy atom. The summed E-state index contributed by atoms with van der Waals surface area (Å²) in [5.41, 5.74) is 11.9. The molecule has 2 heterocycles. The highest BCUT2D eigenvalue weighted by Gasteiger charge is 2.40. The number of hydrogen-bond acceptors (Lipinski definition) is 3. The molecule has 0 saturated heterocycles. The molecule has 1 fully saturated rings. The highest BCUT2D eigenvalue weighted by atomic mass is 16.4. The van der Waals surface area contributed by atoms with Crippen molar-refractivity contribution < 1.29 is 9.90 Å². The maximum atomic E-state index is 11.3. The van der Waals surface area contributed by atoms with Crippen LogP contribution >= 0.6 is 0 Å². The van der Waals surface area contributed by atoms with Crippen molar-refractivity contribution in [2.45, 2.75) is 24.8 Å². The molecule has 2 aromatic carbocycles. The average molecular weight is 398 g/mol. The molecule has 0 unspecified atom stereocenters. The lowest BCUT2D eigenvalue weighted by Gasteiger charge is -2.42. The van der Waals surface area contributed by atoms with Gasteiger partial charge in [-0.25, -0.2) is 9.78 Å². The fraction of sp³-hybridized carbons (Fsp3) is 0.167. The molecule has 0 atom stereocenters. The third kappa shape index (κ3) is 2.97. The minimum absolute atomic E-state index is 0.472. The number of amides is 1. The van der Waals surface area contributed by atoms with Crippen molar-refractivity contribution in [2.24, 2.45) is 0 Å². The topological polar surface area (TPSA) is 92.7 Å². The van der Waals surface area contributed by atoms with Gasteiger partial charge in [0.15, 0.2) is 0 Å². The Labute approximate surface area is 174 Å². The molecule has 0 aliphatic heterocycles. The second-order valence-corrected chi connectivity index (χ2v) is 7.81. The van der Waals surface area contributed by atoms with E-state index >= 15 is 0 Å². The van der Waals surface area contributed by atoms with Crippen LogP contribution in [-0.2, 0) is 5.54 Å². The van der Waals surface area contributed by atoms with Crippen LogP contribution in [0.15, 0.2) is 72.9 Å². The molecule has 1 aliphatic carbocycles. The van der Waals surface area contributed by atoms with E-state index in [1.165, 1.54) is 0 Å². The van der Waals surface area contributed by atoms with E-state index in [-0.39, 0.29) is 0 Å². The summed E-state index contributed by atoms with van der Waals surface area (Å²) in [4.78, 5) is 16.1. The fourth-order valence-electron chi connectivity index (χ4n) is 4.30. The number of nitrogens with one attached hydrogen (secondary N) is 1. The molecule has 150 valence electrons. The molecule has 6 heteroatoms. The summed E-state index contributed by atoms with van der Waals surface area (Å²) in [6, 6.07) is 22.0. The molecule has 2 aromatic heterocycles. The normalized spacial score (nSPS) is 14.9. The minimum atomic E-state index is -0.983. The first kappa shape index (κ1) is 18.2. The number of benzene rings is 2. The second kappa shape index (κ2) is 6.91. The number of imidazole rings is 1. The Balaban J connectivity index is 1.62. The fourth-order valence-corrected chi connectivity index (χ4v) is 4.30. The van der Waals surface area contributed by atoms with Gasteiger partial charge in [-0.05, 0) is 30.9 Å². The predicted octanol–water partition coefficient (Wildman–Crippen LogP) is 4.90. The molecule has 0 bridgehead atoms. The number of anilines is 1. The number of nitrogens with two attached hydrogens (primary N) is 1. The van der Waals surface area contributed by atoms with Crippen molar-refractivity contribution in [1.29, 1.82) is 0 Å². The summed E-state index contributed by atoms with van der Waals surface area (Å²) in [5.74, 6) is 0. The van der Waals surface area contributed by atoms with Crippen LogP contribution in [0.5, 0.6) is 0 Å². The molecule has 6 nitrogen and oxygen atoms in total. The first-order chi connectivity index (χ1) is 14.6. The van der Waals surface area contributed by atoms with Crippen LogP contribution in [-0.4, -0.2) is 20.6 Å². The van der Waals surface area contributed by atoms with E-state index in [0.29, 0.717) is 5.69 Å². The zero-order valence-corrected chi connectivity index (χ0v) is 16.4. The molecule has 1 aliphatic rings. The monoisotopic (exact) mass is 398 g/mol. The Morgan fingerprint density at radius 1 is 1.03 bits per heavy atom. The lowest BCUT2D eigenvalue weighted by Crippen LogP contribution is -2.50. The Morgan fingerprint density at radius 3 is 2.40 bits per heavy atom. The molecule has 5 rings (SSSR count). The smallest absolute Gasteiger partial charge is 0.405 e. The molecule has 1 amide bonds. The zero-order valence-electron chi connectivity index (χ0n) is 16.4. The van der Waals surface area contributed by atoms with Gasteiger partial charge in [0, 0.05) is 29.1 Å². The van der Waals surface area contributed by atoms with Crippen molar-refractivity contribution in [3.63, 3.8) is 0 Å². The van der Waals surface area contributed by atoms with E-state index in [4.69, 9.17) is 10.7 Å². The number of nitrogens with zero attached hydrogens (tertiary/aromatic N) is 2.